The summed E-state index contributed by atoms with van der Waals surface area (Å²) < 4.78 is 13.7. The number of pyridine rings is 2. The van der Waals surface area contributed by atoms with Crippen molar-refractivity contribution in [3.05, 3.63) is 53.9 Å². The van der Waals surface area contributed by atoms with Gasteiger partial charge in [-0.3, -0.25) is 24.8 Å². The van der Waals surface area contributed by atoms with Crippen LogP contribution < -0.4 is 4.90 Å². The van der Waals surface area contributed by atoms with Crippen LogP contribution in [0, 0.1) is 18.7 Å². The van der Waals surface area contributed by atoms with E-state index >= 15 is 0 Å². The fraction of sp³-hybridized carbons (Fsp3) is 0.316. The van der Waals surface area contributed by atoms with E-state index in [-0.39, 0.29) is 17.6 Å². The third-order valence-corrected chi connectivity index (χ3v) is 4.78. The van der Waals surface area contributed by atoms with Crippen molar-refractivity contribution >= 4 is 11.9 Å². The average Bonchev–Trinajstić information content (AvgIpc) is 3.17. The molecular weight excluding hydrogens is 347 g/mol. The van der Waals surface area contributed by atoms with E-state index in [0.717, 1.165) is 24.0 Å². The van der Waals surface area contributed by atoms with Crippen LogP contribution in [0.5, 0.6) is 0 Å². The maximum absolute atomic E-state index is 13.7. The van der Waals surface area contributed by atoms with Crippen molar-refractivity contribution in [2.45, 2.75) is 26.2 Å². The molecule has 1 saturated heterocycles. The van der Waals surface area contributed by atoms with Crippen LogP contribution >= 0.6 is 0 Å². The quantitative estimate of drug-likeness (QED) is 0.767. The minimum absolute atomic E-state index is 0.0393. The Morgan fingerprint density at radius 3 is 2.93 bits per heavy atom. The van der Waals surface area contributed by atoms with Crippen molar-refractivity contribution in [3.8, 4) is 11.4 Å². The van der Waals surface area contributed by atoms with E-state index in [1.165, 1.54) is 6.07 Å². The average molecular weight is 366 g/mol. The maximum Gasteiger partial charge on any atom is 0.251 e. The molecule has 3 aromatic heterocycles. The molecule has 27 heavy (non-hydrogen) atoms. The van der Waals surface area contributed by atoms with Crippen molar-refractivity contribution in [1.82, 2.24) is 25.1 Å². The first-order valence-corrected chi connectivity index (χ1v) is 8.87. The van der Waals surface area contributed by atoms with E-state index in [2.05, 4.69) is 25.1 Å². The Labute approximate surface area is 155 Å². The summed E-state index contributed by atoms with van der Waals surface area (Å²) in [5, 5.41) is 7.09. The molecule has 1 aliphatic rings. The van der Waals surface area contributed by atoms with Gasteiger partial charge in [-0.1, -0.05) is 0 Å². The van der Waals surface area contributed by atoms with Crippen LogP contribution in [-0.2, 0) is 11.2 Å². The number of nitrogens with one attached hydrogen (secondary N) is 1. The monoisotopic (exact) mass is 366 g/mol. The molecule has 0 aromatic carbocycles. The number of aromatic nitrogens is 5. The van der Waals surface area contributed by atoms with Crippen LogP contribution in [0.15, 0.2) is 36.8 Å². The number of hydrogen-bond acceptors (Lipinski definition) is 5. The number of halogens is 1. The highest BCUT2D eigenvalue weighted by Crippen LogP contribution is 2.26. The lowest BCUT2D eigenvalue weighted by molar-refractivity contribution is -0.123. The van der Waals surface area contributed by atoms with E-state index in [4.69, 9.17) is 0 Å². The van der Waals surface area contributed by atoms with Gasteiger partial charge in [0.15, 0.2) is 5.82 Å². The minimum atomic E-state index is -0.344. The van der Waals surface area contributed by atoms with Gasteiger partial charge >= 0.3 is 0 Å². The standard InChI is InChI=1S/C19H19FN6O/c1-12-16(20)10-13(11-22-12)9-15-3-2-8-26(18(15)27)19-23-17(24-25-19)14-4-6-21-7-5-14/h4-7,10-11,15H,2-3,8-9H2,1H3,(H,23,24,25)/t15-/m1/s1. The number of hydrogen-bond donors (Lipinski definition) is 1. The molecule has 1 aliphatic heterocycles. The van der Waals surface area contributed by atoms with E-state index in [0.29, 0.717) is 30.4 Å². The fourth-order valence-electron chi connectivity index (χ4n) is 3.29. The highest BCUT2D eigenvalue weighted by molar-refractivity contribution is 5.94. The summed E-state index contributed by atoms with van der Waals surface area (Å²) in [5.41, 5.74) is 1.94. The molecule has 7 nitrogen and oxygen atoms in total. The molecule has 8 heteroatoms. The molecule has 0 radical (unpaired) electrons. The second-order valence-corrected chi connectivity index (χ2v) is 6.66. The lowest BCUT2D eigenvalue weighted by Gasteiger charge is -2.29. The number of H-pyrrole nitrogens is 1. The molecule has 4 heterocycles. The Kier molecular flexibility index (Phi) is 4.62. The van der Waals surface area contributed by atoms with Crippen LogP contribution in [0.3, 0.4) is 0 Å². The van der Waals surface area contributed by atoms with Crippen LogP contribution in [0.25, 0.3) is 11.4 Å². The van der Waals surface area contributed by atoms with Crippen molar-refractivity contribution < 1.29 is 9.18 Å². The highest BCUT2D eigenvalue weighted by atomic mass is 19.1. The zero-order valence-electron chi connectivity index (χ0n) is 14.9. The van der Waals surface area contributed by atoms with Crippen molar-refractivity contribution in [2.75, 3.05) is 11.4 Å². The molecule has 1 fully saturated rings. The van der Waals surface area contributed by atoms with Crippen molar-refractivity contribution in [1.29, 1.82) is 0 Å². The molecule has 1 N–H and O–H groups in total. The zero-order valence-corrected chi connectivity index (χ0v) is 14.9. The van der Waals surface area contributed by atoms with Gasteiger partial charge in [0.1, 0.15) is 5.82 Å². The van der Waals surface area contributed by atoms with Crippen LogP contribution in [0.2, 0.25) is 0 Å². The molecule has 0 unspecified atom stereocenters. The third-order valence-electron chi connectivity index (χ3n) is 4.78. The molecule has 1 atom stereocenters. The van der Waals surface area contributed by atoms with Crippen molar-refractivity contribution in [2.24, 2.45) is 5.92 Å². The third kappa shape index (κ3) is 3.55. The van der Waals surface area contributed by atoms with Gasteiger partial charge in [0.2, 0.25) is 5.91 Å². The Hall–Kier alpha value is -3.16. The van der Waals surface area contributed by atoms with E-state index in [9.17, 15) is 9.18 Å². The largest absolute Gasteiger partial charge is 0.279 e. The van der Waals surface area contributed by atoms with Gasteiger partial charge in [0.25, 0.3) is 5.95 Å². The highest BCUT2D eigenvalue weighted by Gasteiger charge is 2.32. The minimum Gasteiger partial charge on any atom is -0.279 e. The molecule has 0 saturated carbocycles. The Bertz CT molecular complexity index is 958. The van der Waals surface area contributed by atoms with Gasteiger partial charge in [-0.2, -0.15) is 4.98 Å². The van der Waals surface area contributed by atoms with Gasteiger partial charge in [0.05, 0.1) is 5.69 Å². The predicted octanol–water partition coefficient (Wildman–Crippen LogP) is 2.69. The summed E-state index contributed by atoms with van der Waals surface area (Å²) in [7, 11) is 0. The number of nitrogens with zero attached hydrogens (tertiary/aromatic N) is 5. The maximum atomic E-state index is 13.7. The summed E-state index contributed by atoms with van der Waals surface area (Å²) in [5.74, 6) is 0.341. The van der Waals surface area contributed by atoms with Gasteiger partial charge in [-0.15, -0.1) is 5.10 Å². The summed E-state index contributed by atoms with van der Waals surface area (Å²) >= 11 is 0. The summed E-state index contributed by atoms with van der Waals surface area (Å²) in [6.45, 7) is 2.19. The zero-order chi connectivity index (χ0) is 18.8. The number of anilines is 1. The first kappa shape index (κ1) is 17.3. The lowest BCUT2D eigenvalue weighted by Crippen LogP contribution is -2.42. The predicted molar refractivity (Wildman–Crippen MR) is 97.3 cm³/mol. The molecule has 0 bridgehead atoms. The number of rotatable bonds is 4. The summed E-state index contributed by atoms with van der Waals surface area (Å²) in [6, 6.07) is 5.11. The van der Waals surface area contributed by atoms with E-state index in [1.54, 1.807) is 30.4 Å². The molecule has 3 aromatic rings. The Morgan fingerprint density at radius 2 is 2.15 bits per heavy atom. The molecule has 1 amide bonds. The van der Waals surface area contributed by atoms with Crippen molar-refractivity contribution in [3.63, 3.8) is 0 Å². The smallest absolute Gasteiger partial charge is 0.251 e. The molecule has 0 spiro atoms. The van der Waals surface area contributed by atoms with Gasteiger partial charge in [-0.25, -0.2) is 4.39 Å². The number of carbonyl (C=O) groups excluding carboxylic acids is 1. The molecular formula is C19H19FN6O. The molecule has 0 aliphatic carbocycles. The van der Waals surface area contributed by atoms with Crippen LogP contribution in [0.1, 0.15) is 24.1 Å². The van der Waals surface area contributed by atoms with Gasteiger partial charge < -0.3 is 0 Å². The number of piperidine rings is 1. The molecule has 4 rings (SSSR count). The van der Waals surface area contributed by atoms with E-state index in [1.807, 2.05) is 12.1 Å². The number of amides is 1. The number of aryl methyl sites for hydroxylation is 1. The van der Waals surface area contributed by atoms with Crippen LogP contribution in [0.4, 0.5) is 10.3 Å². The molecule has 138 valence electrons. The van der Waals surface area contributed by atoms with Gasteiger partial charge in [-0.05, 0) is 49.9 Å². The second-order valence-electron chi connectivity index (χ2n) is 6.66. The first-order valence-electron chi connectivity index (χ1n) is 8.87. The van der Waals surface area contributed by atoms with E-state index < -0.39 is 0 Å². The Morgan fingerprint density at radius 1 is 1.33 bits per heavy atom. The topological polar surface area (TPSA) is 87.7 Å². The second kappa shape index (κ2) is 7.22. The van der Waals surface area contributed by atoms with Gasteiger partial charge in [0, 0.05) is 36.6 Å². The fourth-order valence-corrected chi connectivity index (χ4v) is 3.29. The summed E-state index contributed by atoms with van der Waals surface area (Å²) in [4.78, 5) is 27.0. The Balaban J connectivity index is 1.52. The SMILES string of the molecule is Cc1ncc(C[C@H]2CCCN(c3n[nH]c(-c4ccncc4)n3)C2=O)cc1F. The summed E-state index contributed by atoms with van der Waals surface area (Å²) in [6.07, 6.45) is 7.05. The number of carbonyl (C=O) groups is 1. The van der Waals surface area contributed by atoms with Crippen LogP contribution in [-0.4, -0.2) is 37.6 Å². The normalized spacial score (nSPS) is 17.3. The lowest BCUT2D eigenvalue weighted by atomic mass is 9.91. The first-order chi connectivity index (χ1) is 13.1. The number of aromatic amines is 1.